The Labute approximate surface area is 125 Å². The number of benzene rings is 1. The normalized spacial score (nSPS) is 27.7. The largest absolute Gasteiger partial charge is 0.379 e. The van der Waals surface area contributed by atoms with E-state index in [0.29, 0.717) is 6.04 Å². The van der Waals surface area contributed by atoms with Crippen LogP contribution in [0.15, 0.2) is 27.1 Å². The Morgan fingerprint density at radius 2 is 2.00 bits per heavy atom. The fourth-order valence-electron chi connectivity index (χ4n) is 2.67. The molecule has 1 aliphatic carbocycles. The summed E-state index contributed by atoms with van der Waals surface area (Å²) in [6.07, 6.45) is 2.80. The molecule has 0 aromatic heterocycles. The van der Waals surface area contributed by atoms with Gasteiger partial charge in [0.05, 0.1) is 13.2 Å². The van der Waals surface area contributed by atoms with Crippen LogP contribution in [0.1, 0.15) is 18.4 Å². The Balaban J connectivity index is 1.58. The maximum absolute atomic E-state index is 5.62. The van der Waals surface area contributed by atoms with Crippen molar-refractivity contribution in [2.75, 3.05) is 13.2 Å². The zero-order valence-corrected chi connectivity index (χ0v) is 13.3. The van der Waals surface area contributed by atoms with E-state index in [-0.39, 0.29) is 0 Å². The number of halogens is 2. The molecule has 18 heavy (non-hydrogen) atoms. The molecule has 0 amide bonds. The van der Waals surface area contributed by atoms with Gasteiger partial charge in [0.1, 0.15) is 0 Å². The van der Waals surface area contributed by atoms with Crippen LogP contribution in [0.25, 0.3) is 0 Å². The van der Waals surface area contributed by atoms with Crippen molar-refractivity contribution in [3.63, 3.8) is 0 Å². The summed E-state index contributed by atoms with van der Waals surface area (Å²) >= 11 is 7.04. The van der Waals surface area contributed by atoms with Crippen LogP contribution in [0.5, 0.6) is 0 Å². The minimum atomic E-state index is 0.542. The first-order valence-electron chi connectivity index (χ1n) is 6.49. The van der Waals surface area contributed by atoms with Gasteiger partial charge in [-0.25, -0.2) is 0 Å². The van der Waals surface area contributed by atoms with E-state index in [1.807, 2.05) is 0 Å². The second-order valence-corrected chi connectivity index (χ2v) is 6.98. The molecular formula is C14H17Br2NO. The van der Waals surface area contributed by atoms with E-state index in [2.05, 4.69) is 55.4 Å². The highest BCUT2D eigenvalue weighted by Gasteiger charge is 2.39. The summed E-state index contributed by atoms with van der Waals surface area (Å²) in [5, 5.41) is 3.65. The average Bonchev–Trinajstić information content (AvgIpc) is 3.10. The van der Waals surface area contributed by atoms with Crippen LogP contribution in [0.3, 0.4) is 0 Å². The second-order valence-electron chi connectivity index (χ2n) is 5.27. The lowest BCUT2D eigenvalue weighted by atomic mass is 9.98. The molecule has 2 aliphatic rings. The van der Waals surface area contributed by atoms with Gasteiger partial charge in [0.25, 0.3) is 0 Å². The third-order valence-corrected chi connectivity index (χ3v) is 5.78. The Morgan fingerprint density at radius 3 is 2.72 bits per heavy atom. The number of ether oxygens (including phenoxy) is 1. The van der Waals surface area contributed by atoms with Gasteiger partial charge in [-0.05, 0) is 68.3 Å². The summed E-state index contributed by atoms with van der Waals surface area (Å²) in [5.74, 6) is 1.66. The molecule has 1 aromatic rings. The molecule has 0 radical (unpaired) electrons. The second kappa shape index (κ2) is 5.61. The van der Waals surface area contributed by atoms with E-state index in [9.17, 15) is 0 Å². The van der Waals surface area contributed by atoms with Crippen LogP contribution >= 0.6 is 31.9 Å². The molecule has 2 nitrogen and oxygen atoms in total. The van der Waals surface area contributed by atoms with Crippen molar-refractivity contribution in [2.45, 2.75) is 25.4 Å². The molecule has 1 saturated carbocycles. The predicted molar refractivity (Wildman–Crippen MR) is 79.5 cm³/mol. The Morgan fingerprint density at radius 1 is 1.17 bits per heavy atom. The Bertz CT molecular complexity index is 434. The monoisotopic (exact) mass is 373 g/mol. The minimum Gasteiger partial charge on any atom is -0.379 e. The standard InChI is InChI=1S/C14H17Br2NO/c15-12-4-1-9(5-13(12)16)6-17-14-8-18-7-11(14)10-2-3-10/h1,4-5,10-11,14,17H,2-3,6-8H2. The smallest absolute Gasteiger partial charge is 0.0623 e. The number of hydrogen-bond donors (Lipinski definition) is 1. The molecule has 1 aliphatic heterocycles. The van der Waals surface area contributed by atoms with Gasteiger partial charge in [0.15, 0.2) is 0 Å². The Hall–Kier alpha value is 0.1000. The summed E-state index contributed by atoms with van der Waals surface area (Å²) in [6.45, 7) is 2.74. The molecule has 1 aromatic carbocycles. The van der Waals surface area contributed by atoms with E-state index in [1.54, 1.807) is 0 Å². The van der Waals surface area contributed by atoms with Gasteiger partial charge >= 0.3 is 0 Å². The fraction of sp³-hybridized carbons (Fsp3) is 0.571. The van der Waals surface area contributed by atoms with Gasteiger partial charge in [-0.2, -0.15) is 0 Å². The third-order valence-electron chi connectivity index (χ3n) is 3.90. The topological polar surface area (TPSA) is 21.3 Å². The van der Waals surface area contributed by atoms with Crippen molar-refractivity contribution in [3.05, 3.63) is 32.7 Å². The van der Waals surface area contributed by atoms with Gasteiger partial charge in [-0.1, -0.05) is 6.07 Å². The van der Waals surface area contributed by atoms with Crippen molar-refractivity contribution in [2.24, 2.45) is 11.8 Å². The van der Waals surface area contributed by atoms with E-state index >= 15 is 0 Å². The van der Waals surface area contributed by atoms with Crippen molar-refractivity contribution >= 4 is 31.9 Å². The van der Waals surface area contributed by atoms with Crippen LogP contribution in [0.2, 0.25) is 0 Å². The van der Waals surface area contributed by atoms with Gasteiger partial charge < -0.3 is 10.1 Å². The summed E-state index contributed by atoms with van der Waals surface area (Å²) in [6, 6.07) is 6.95. The zero-order valence-electron chi connectivity index (χ0n) is 10.2. The molecule has 1 saturated heterocycles. The predicted octanol–water partition coefficient (Wildman–Crippen LogP) is 3.73. The molecule has 4 heteroatoms. The fourth-order valence-corrected chi connectivity index (χ4v) is 3.34. The van der Waals surface area contributed by atoms with Gasteiger partial charge in [0, 0.05) is 27.4 Å². The van der Waals surface area contributed by atoms with Gasteiger partial charge in [0.2, 0.25) is 0 Å². The summed E-state index contributed by atoms with van der Waals surface area (Å²) in [7, 11) is 0. The van der Waals surface area contributed by atoms with Gasteiger partial charge in [-0.15, -0.1) is 0 Å². The highest BCUT2D eigenvalue weighted by molar-refractivity contribution is 9.13. The molecule has 2 fully saturated rings. The van der Waals surface area contributed by atoms with Gasteiger partial charge in [-0.3, -0.25) is 0 Å². The first-order valence-corrected chi connectivity index (χ1v) is 8.07. The van der Waals surface area contributed by atoms with E-state index in [1.165, 1.54) is 18.4 Å². The molecule has 0 spiro atoms. The molecular weight excluding hydrogens is 358 g/mol. The molecule has 3 rings (SSSR count). The van der Waals surface area contributed by atoms with Crippen molar-refractivity contribution < 1.29 is 4.74 Å². The van der Waals surface area contributed by atoms with Crippen LogP contribution < -0.4 is 5.32 Å². The minimum absolute atomic E-state index is 0.542. The maximum atomic E-state index is 5.62. The van der Waals surface area contributed by atoms with Crippen LogP contribution in [-0.2, 0) is 11.3 Å². The van der Waals surface area contributed by atoms with E-state index < -0.39 is 0 Å². The van der Waals surface area contributed by atoms with Crippen molar-refractivity contribution in [1.29, 1.82) is 0 Å². The van der Waals surface area contributed by atoms with E-state index in [0.717, 1.165) is 40.5 Å². The molecule has 98 valence electrons. The quantitative estimate of drug-likeness (QED) is 0.866. The summed E-state index contributed by atoms with van der Waals surface area (Å²) < 4.78 is 7.84. The number of nitrogens with one attached hydrogen (secondary N) is 1. The zero-order chi connectivity index (χ0) is 12.5. The van der Waals surface area contributed by atoms with Crippen molar-refractivity contribution in [1.82, 2.24) is 5.32 Å². The molecule has 2 unspecified atom stereocenters. The lowest BCUT2D eigenvalue weighted by Crippen LogP contribution is -2.36. The lowest BCUT2D eigenvalue weighted by molar-refractivity contribution is 0.180. The molecule has 1 heterocycles. The third kappa shape index (κ3) is 2.98. The van der Waals surface area contributed by atoms with Crippen LogP contribution in [0, 0.1) is 11.8 Å². The highest BCUT2D eigenvalue weighted by atomic mass is 79.9. The molecule has 2 atom stereocenters. The molecule has 1 N–H and O–H groups in total. The molecule has 0 bridgehead atoms. The number of rotatable bonds is 4. The lowest BCUT2D eigenvalue weighted by Gasteiger charge is -2.18. The SMILES string of the molecule is Brc1ccc(CNC2COCC2C2CC2)cc1Br. The maximum Gasteiger partial charge on any atom is 0.0623 e. The Kier molecular flexibility index (Phi) is 4.09. The van der Waals surface area contributed by atoms with Crippen molar-refractivity contribution in [3.8, 4) is 0 Å². The number of hydrogen-bond acceptors (Lipinski definition) is 2. The van der Waals surface area contributed by atoms with Crippen LogP contribution in [0.4, 0.5) is 0 Å². The van der Waals surface area contributed by atoms with E-state index in [4.69, 9.17) is 4.74 Å². The average molecular weight is 375 g/mol. The highest BCUT2D eigenvalue weighted by Crippen LogP contribution is 2.40. The first-order chi connectivity index (χ1) is 8.74. The summed E-state index contributed by atoms with van der Waals surface area (Å²) in [4.78, 5) is 0. The van der Waals surface area contributed by atoms with Crippen LogP contribution in [-0.4, -0.2) is 19.3 Å². The first kappa shape index (κ1) is 13.1. The summed E-state index contributed by atoms with van der Waals surface area (Å²) in [5.41, 5.74) is 1.31.